The Morgan fingerprint density at radius 3 is 2.60 bits per heavy atom. The number of methoxy groups -OCH3 is 1. The molecule has 0 bridgehead atoms. The minimum Gasteiger partial charge on any atom is -0.465 e. The van der Waals surface area contributed by atoms with Gasteiger partial charge in [0.05, 0.1) is 29.6 Å². The molecule has 0 amide bonds. The van der Waals surface area contributed by atoms with E-state index in [0.29, 0.717) is 16.8 Å². The van der Waals surface area contributed by atoms with Crippen molar-refractivity contribution < 1.29 is 9.53 Å². The Morgan fingerprint density at radius 2 is 1.90 bits per heavy atom. The number of hydrogen-bond donors (Lipinski definition) is 1. The first-order valence-corrected chi connectivity index (χ1v) is 10.2. The highest BCUT2D eigenvalue weighted by molar-refractivity contribution is 5.89. The Kier molecular flexibility index (Phi) is 5.55. The first-order valence-electron chi connectivity index (χ1n) is 10.2. The molecule has 0 radical (unpaired) electrons. The van der Waals surface area contributed by atoms with Crippen LogP contribution in [-0.4, -0.2) is 53.6 Å². The highest BCUT2D eigenvalue weighted by Gasteiger charge is 2.29. The predicted molar refractivity (Wildman–Crippen MR) is 117 cm³/mol. The molecule has 4 rings (SSSR count). The van der Waals surface area contributed by atoms with Gasteiger partial charge in [0.2, 0.25) is 0 Å². The summed E-state index contributed by atoms with van der Waals surface area (Å²) in [6.45, 7) is 6.82. The summed E-state index contributed by atoms with van der Waals surface area (Å²) in [4.78, 5) is 36.4. The third kappa shape index (κ3) is 3.80. The van der Waals surface area contributed by atoms with E-state index in [1.165, 1.54) is 7.11 Å². The van der Waals surface area contributed by atoms with E-state index in [0.717, 1.165) is 30.8 Å². The summed E-state index contributed by atoms with van der Waals surface area (Å²) >= 11 is 0. The lowest BCUT2D eigenvalue weighted by Crippen LogP contribution is -2.53. The van der Waals surface area contributed by atoms with Crippen LogP contribution in [0.1, 0.15) is 36.1 Å². The summed E-state index contributed by atoms with van der Waals surface area (Å²) in [5.74, 6) is 0.367. The quantitative estimate of drug-likeness (QED) is 0.671. The van der Waals surface area contributed by atoms with Crippen molar-refractivity contribution in [3.05, 3.63) is 70.3 Å². The Balaban J connectivity index is 1.49. The largest absolute Gasteiger partial charge is 0.465 e. The summed E-state index contributed by atoms with van der Waals surface area (Å²) in [7, 11) is 1.38. The van der Waals surface area contributed by atoms with Crippen LogP contribution in [0.25, 0.3) is 10.9 Å². The standard InChI is InChI=1S/C23H26N4O3/c1-15-14-26(18-10-8-17(9-11-18)23(29)30-3)12-13-27(15)16(2)21-24-20-7-5-4-6-19(20)22(28)25-21/h4-11,15-16H,12-14H2,1-3H3,(H,24,25,28). The second-order valence-electron chi connectivity index (χ2n) is 7.72. The van der Waals surface area contributed by atoms with E-state index in [9.17, 15) is 9.59 Å². The number of nitrogens with one attached hydrogen (secondary N) is 1. The zero-order valence-corrected chi connectivity index (χ0v) is 17.5. The topological polar surface area (TPSA) is 78.5 Å². The van der Waals surface area contributed by atoms with Crippen LogP contribution in [-0.2, 0) is 4.74 Å². The highest BCUT2D eigenvalue weighted by Crippen LogP contribution is 2.26. The molecule has 0 aliphatic carbocycles. The number of piperazine rings is 1. The molecule has 2 atom stereocenters. The predicted octanol–water partition coefficient (Wildman–Crippen LogP) is 2.98. The zero-order chi connectivity index (χ0) is 21.3. The Morgan fingerprint density at radius 1 is 1.17 bits per heavy atom. The summed E-state index contributed by atoms with van der Waals surface area (Å²) in [5, 5.41) is 0.613. The summed E-state index contributed by atoms with van der Waals surface area (Å²) in [6, 6.07) is 15.2. The fourth-order valence-corrected chi connectivity index (χ4v) is 4.17. The molecular formula is C23H26N4O3. The van der Waals surface area contributed by atoms with Gasteiger partial charge in [0.15, 0.2) is 0 Å². The van der Waals surface area contributed by atoms with Crippen molar-refractivity contribution in [3.8, 4) is 0 Å². The van der Waals surface area contributed by atoms with Crippen LogP contribution in [0.3, 0.4) is 0 Å². The first kappa shape index (κ1) is 20.1. The molecule has 3 aromatic rings. The maximum absolute atomic E-state index is 12.4. The molecule has 156 valence electrons. The van der Waals surface area contributed by atoms with Gasteiger partial charge in [-0.3, -0.25) is 9.69 Å². The number of nitrogens with zero attached hydrogens (tertiary/aromatic N) is 3. The van der Waals surface area contributed by atoms with Crippen LogP contribution in [0.15, 0.2) is 53.3 Å². The third-order valence-corrected chi connectivity index (χ3v) is 5.86. The van der Waals surface area contributed by atoms with Gasteiger partial charge in [0, 0.05) is 31.4 Å². The molecule has 1 saturated heterocycles. The van der Waals surface area contributed by atoms with Gasteiger partial charge in [-0.25, -0.2) is 9.78 Å². The minimum atomic E-state index is -0.328. The second-order valence-corrected chi connectivity index (χ2v) is 7.72. The Hall–Kier alpha value is -3.19. The van der Waals surface area contributed by atoms with Crippen molar-refractivity contribution in [2.75, 3.05) is 31.6 Å². The molecule has 0 spiro atoms. The molecule has 0 saturated carbocycles. The monoisotopic (exact) mass is 406 g/mol. The molecular weight excluding hydrogens is 380 g/mol. The molecule has 1 N–H and O–H groups in total. The minimum absolute atomic E-state index is 0.00107. The van der Waals surface area contributed by atoms with Gasteiger partial charge in [-0.1, -0.05) is 12.1 Å². The van der Waals surface area contributed by atoms with Crippen molar-refractivity contribution in [3.63, 3.8) is 0 Å². The second kappa shape index (κ2) is 8.28. The molecule has 7 nitrogen and oxygen atoms in total. The van der Waals surface area contributed by atoms with Crippen molar-refractivity contribution in [1.82, 2.24) is 14.9 Å². The van der Waals surface area contributed by atoms with Crippen LogP contribution in [0.4, 0.5) is 5.69 Å². The van der Waals surface area contributed by atoms with Crippen molar-refractivity contribution >= 4 is 22.6 Å². The van der Waals surface area contributed by atoms with E-state index >= 15 is 0 Å². The van der Waals surface area contributed by atoms with Crippen LogP contribution < -0.4 is 10.5 Å². The van der Waals surface area contributed by atoms with Crippen molar-refractivity contribution in [1.29, 1.82) is 0 Å². The lowest BCUT2D eigenvalue weighted by atomic mass is 10.1. The maximum atomic E-state index is 12.4. The van der Waals surface area contributed by atoms with Crippen LogP contribution in [0.5, 0.6) is 0 Å². The van der Waals surface area contributed by atoms with Crippen LogP contribution in [0.2, 0.25) is 0 Å². The molecule has 2 aromatic carbocycles. The molecule has 2 heterocycles. The average molecular weight is 406 g/mol. The number of H-pyrrole nitrogens is 1. The van der Waals surface area contributed by atoms with Gasteiger partial charge in [-0.15, -0.1) is 0 Å². The van der Waals surface area contributed by atoms with Gasteiger partial charge >= 0.3 is 5.97 Å². The number of benzene rings is 2. The fourth-order valence-electron chi connectivity index (χ4n) is 4.17. The summed E-state index contributed by atoms with van der Waals surface area (Å²) in [6.07, 6.45) is 0. The van der Waals surface area contributed by atoms with E-state index in [1.54, 1.807) is 18.2 Å². The number of hydrogen-bond acceptors (Lipinski definition) is 6. The number of carbonyl (C=O) groups excluding carboxylic acids is 1. The SMILES string of the molecule is COC(=O)c1ccc(N2CCN(C(C)c3nc4ccccc4c(=O)[nH]3)C(C)C2)cc1. The number of esters is 1. The van der Waals surface area contributed by atoms with E-state index in [1.807, 2.05) is 30.3 Å². The highest BCUT2D eigenvalue weighted by atomic mass is 16.5. The first-order chi connectivity index (χ1) is 14.5. The van der Waals surface area contributed by atoms with E-state index < -0.39 is 0 Å². The number of ether oxygens (including phenoxy) is 1. The Labute approximate surface area is 175 Å². The van der Waals surface area contributed by atoms with Crippen LogP contribution in [0, 0.1) is 0 Å². The molecule has 30 heavy (non-hydrogen) atoms. The lowest BCUT2D eigenvalue weighted by Gasteiger charge is -2.43. The number of aromatic amines is 1. The van der Waals surface area contributed by atoms with Gasteiger partial charge in [-0.05, 0) is 50.2 Å². The van der Waals surface area contributed by atoms with E-state index in [-0.39, 0.29) is 23.6 Å². The number of aromatic nitrogens is 2. The maximum Gasteiger partial charge on any atom is 0.337 e. The lowest BCUT2D eigenvalue weighted by molar-refractivity contribution is 0.0600. The van der Waals surface area contributed by atoms with Gasteiger partial charge < -0.3 is 14.6 Å². The normalized spacial score (nSPS) is 18.4. The molecule has 1 fully saturated rings. The third-order valence-electron chi connectivity index (χ3n) is 5.86. The van der Waals surface area contributed by atoms with Gasteiger partial charge in [-0.2, -0.15) is 0 Å². The number of rotatable bonds is 4. The van der Waals surface area contributed by atoms with Crippen molar-refractivity contribution in [2.24, 2.45) is 0 Å². The fraction of sp³-hybridized carbons (Fsp3) is 0.348. The van der Waals surface area contributed by atoms with E-state index in [2.05, 4.69) is 28.6 Å². The van der Waals surface area contributed by atoms with Crippen LogP contribution >= 0.6 is 0 Å². The summed E-state index contributed by atoms with van der Waals surface area (Å²) < 4.78 is 4.77. The van der Waals surface area contributed by atoms with Gasteiger partial charge in [0.25, 0.3) is 5.56 Å². The number of para-hydroxylation sites is 1. The molecule has 1 aromatic heterocycles. The molecule has 7 heteroatoms. The molecule has 2 unspecified atom stereocenters. The molecule has 1 aliphatic rings. The average Bonchev–Trinajstić information content (AvgIpc) is 2.78. The number of carbonyl (C=O) groups is 1. The zero-order valence-electron chi connectivity index (χ0n) is 17.5. The number of anilines is 1. The smallest absolute Gasteiger partial charge is 0.337 e. The number of fused-ring (bicyclic) bond motifs is 1. The Bertz CT molecular complexity index is 1110. The molecule has 1 aliphatic heterocycles. The van der Waals surface area contributed by atoms with Gasteiger partial charge in [0.1, 0.15) is 5.82 Å². The summed E-state index contributed by atoms with van der Waals surface area (Å²) in [5.41, 5.74) is 2.26. The van der Waals surface area contributed by atoms with E-state index in [4.69, 9.17) is 9.72 Å². The van der Waals surface area contributed by atoms with Crippen molar-refractivity contribution in [2.45, 2.75) is 25.9 Å².